The van der Waals surface area contributed by atoms with Crippen LogP contribution in [0.4, 0.5) is 11.4 Å². The minimum atomic E-state index is -0.606. The number of rotatable bonds is 3. The van der Waals surface area contributed by atoms with Gasteiger partial charge in [0.1, 0.15) is 0 Å². The highest BCUT2D eigenvalue weighted by Crippen LogP contribution is 2.48. The summed E-state index contributed by atoms with van der Waals surface area (Å²) in [6.45, 7) is 1.83. The van der Waals surface area contributed by atoms with Gasteiger partial charge in [0.05, 0.1) is 17.4 Å². The molecule has 4 nitrogen and oxygen atoms in total. The van der Waals surface area contributed by atoms with Crippen LogP contribution in [0.5, 0.6) is 0 Å². The molecule has 0 unspecified atom stereocenters. The molecule has 0 bridgehead atoms. The molecule has 172 valence electrons. The maximum absolute atomic E-state index is 13.8. The lowest BCUT2D eigenvalue weighted by molar-refractivity contribution is -0.119. The molecular formula is C28H24Cl2N2O2. The van der Waals surface area contributed by atoms with E-state index in [9.17, 15) is 9.59 Å². The van der Waals surface area contributed by atoms with E-state index in [-0.39, 0.29) is 17.6 Å². The van der Waals surface area contributed by atoms with Crippen molar-refractivity contribution in [2.24, 2.45) is 0 Å². The van der Waals surface area contributed by atoms with Crippen molar-refractivity contribution in [3.8, 4) is 0 Å². The lowest BCUT2D eigenvalue weighted by atomic mass is 9.78. The van der Waals surface area contributed by atoms with Crippen LogP contribution in [0.3, 0.4) is 0 Å². The predicted octanol–water partition coefficient (Wildman–Crippen LogP) is 7.30. The van der Waals surface area contributed by atoms with E-state index in [1.165, 1.54) is 0 Å². The first-order chi connectivity index (χ1) is 16.5. The molecule has 2 atom stereocenters. The number of fused-ring (bicyclic) bond motifs is 1. The summed E-state index contributed by atoms with van der Waals surface area (Å²) < 4.78 is 0. The van der Waals surface area contributed by atoms with Gasteiger partial charge in [-0.3, -0.25) is 14.5 Å². The number of carbonyl (C=O) groups excluding carboxylic acids is 2. The van der Waals surface area contributed by atoms with Crippen LogP contribution < -0.4 is 10.2 Å². The van der Waals surface area contributed by atoms with Crippen molar-refractivity contribution in [3.05, 3.63) is 105 Å². The van der Waals surface area contributed by atoms with Gasteiger partial charge in [-0.2, -0.15) is 0 Å². The molecule has 1 aliphatic carbocycles. The second-order valence-corrected chi connectivity index (χ2v) is 9.50. The maximum Gasteiger partial charge on any atom is 0.227 e. The average molecular weight is 491 g/mol. The number of carbonyl (C=O) groups is 2. The zero-order chi connectivity index (χ0) is 23.8. The summed E-state index contributed by atoms with van der Waals surface area (Å²) in [6, 6.07) is 22.2. The molecule has 1 amide bonds. The number of ketones is 1. The fraction of sp³-hybridized carbons (Fsp3) is 0.214. The zero-order valence-corrected chi connectivity index (χ0v) is 20.2. The molecule has 0 fully saturated rings. The zero-order valence-electron chi connectivity index (χ0n) is 18.7. The van der Waals surface area contributed by atoms with E-state index >= 15 is 0 Å². The summed E-state index contributed by atoms with van der Waals surface area (Å²) in [7, 11) is 0. The van der Waals surface area contributed by atoms with E-state index in [4.69, 9.17) is 23.2 Å². The Hall–Kier alpha value is -3.08. The molecule has 2 aliphatic rings. The number of nitrogens with zero attached hydrogens (tertiary/aromatic N) is 1. The second-order valence-electron chi connectivity index (χ2n) is 8.66. The molecular weight excluding hydrogens is 467 g/mol. The third kappa shape index (κ3) is 4.02. The summed E-state index contributed by atoms with van der Waals surface area (Å²) in [4.78, 5) is 29.0. The Labute approximate surface area is 209 Å². The number of para-hydroxylation sites is 2. The molecule has 0 aromatic heterocycles. The van der Waals surface area contributed by atoms with Crippen LogP contribution >= 0.6 is 23.2 Å². The van der Waals surface area contributed by atoms with Gasteiger partial charge in [-0.05, 0) is 53.8 Å². The first kappa shape index (κ1) is 22.7. The fourth-order valence-corrected chi connectivity index (χ4v) is 5.36. The summed E-state index contributed by atoms with van der Waals surface area (Å²) in [5, 5.41) is 4.72. The van der Waals surface area contributed by atoms with Gasteiger partial charge >= 0.3 is 0 Å². The number of Topliss-reactive ketones (excluding diaryl/α,β-unsaturated/α-hetero) is 1. The lowest BCUT2D eigenvalue weighted by Crippen LogP contribution is -2.38. The largest absolute Gasteiger partial charge is 0.357 e. The average Bonchev–Trinajstić information content (AvgIpc) is 2.99. The van der Waals surface area contributed by atoms with Gasteiger partial charge in [-0.25, -0.2) is 0 Å². The number of amides is 1. The third-order valence-corrected chi connectivity index (χ3v) is 7.20. The van der Waals surface area contributed by atoms with E-state index in [1.54, 1.807) is 11.0 Å². The van der Waals surface area contributed by atoms with E-state index in [1.807, 2.05) is 73.7 Å². The van der Waals surface area contributed by atoms with E-state index in [0.29, 0.717) is 34.9 Å². The molecule has 6 heteroatoms. The van der Waals surface area contributed by atoms with Crippen LogP contribution in [0.25, 0.3) is 0 Å². The van der Waals surface area contributed by atoms with Crippen LogP contribution in [-0.2, 0) is 9.59 Å². The monoisotopic (exact) mass is 490 g/mol. The van der Waals surface area contributed by atoms with Crippen molar-refractivity contribution in [1.29, 1.82) is 0 Å². The SMILES string of the molecule is CCC(=O)N1c2ccccc2NC2=C(C(=O)C[C@@H](c3ccc(Cl)cc3)C2)[C@@H]1c1ccccc1Cl. The number of benzene rings is 3. The Kier molecular flexibility index (Phi) is 6.20. The minimum Gasteiger partial charge on any atom is -0.357 e. The molecule has 1 heterocycles. The van der Waals surface area contributed by atoms with Crippen molar-refractivity contribution in [2.45, 2.75) is 38.1 Å². The van der Waals surface area contributed by atoms with Crippen LogP contribution in [0.1, 0.15) is 49.3 Å². The van der Waals surface area contributed by atoms with Gasteiger partial charge in [0.15, 0.2) is 5.78 Å². The number of anilines is 2. The maximum atomic E-state index is 13.8. The van der Waals surface area contributed by atoms with Crippen LogP contribution in [0.2, 0.25) is 10.0 Å². The second kappa shape index (κ2) is 9.28. The first-order valence-electron chi connectivity index (χ1n) is 11.4. The van der Waals surface area contributed by atoms with Crippen molar-refractivity contribution in [2.75, 3.05) is 10.2 Å². The van der Waals surface area contributed by atoms with Crippen molar-refractivity contribution in [1.82, 2.24) is 0 Å². The molecule has 3 aromatic carbocycles. The fourth-order valence-electron chi connectivity index (χ4n) is 5.00. The standard InChI is InChI=1S/C28H24Cl2N2O2/c1-2-26(34)32-24-10-6-5-9-22(24)31-23-15-18(17-11-13-19(29)14-12-17)16-25(33)27(23)28(32)20-7-3-4-8-21(20)30/h3-14,18,28,31H,2,15-16H2,1H3/t18-,28-/m0/s1. The highest BCUT2D eigenvalue weighted by atomic mass is 35.5. The Bertz CT molecular complexity index is 1300. The third-order valence-electron chi connectivity index (χ3n) is 6.60. The van der Waals surface area contributed by atoms with Gasteiger partial charge in [-0.1, -0.05) is 72.6 Å². The predicted molar refractivity (Wildman–Crippen MR) is 137 cm³/mol. The number of nitrogens with one attached hydrogen (secondary N) is 1. The Morgan fingerprint density at radius 3 is 2.41 bits per heavy atom. The van der Waals surface area contributed by atoms with Crippen LogP contribution in [0, 0.1) is 0 Å². The summed E-state index contributed by atoms with van der Waals surface area (Å²) in [5.41, 5.74) is 4.80. The number of halogens is 2. The lowest BCUT2D eigenvalue weighted by Gasteiger charge is -2.35. The molecule has 1 N–H and O–H groups in total. The molecule has 34 heavy (non-hydrogen) atoms. The Balaban J connectivity index is 1.72. The highest BCUT2D eigenvalue weighted by Gasteiger charge is 2.41. The summed E-state index contributed by atoms with van der Waals surface area (Å²) in [5.74, 6) is -0.0376. The van der Waals surface area contributed by atoms with Crippen molar-refractivity contribution < 1.29 is 9.59 Å². The summed E-state index contributed by atoms with van der Waals surface area (Å²) in [6.07, 6.45) is 1.30. The van der Waals surface area contributed by atoms with Gasteiger partial charge in [0.25, 0.3) is 0 Å². The van der Waals surface area contributed by atoms with Crippen LogP contribution in [-0.4, -0.2) is 11.7 Å². The van der Waals surface area contributed by atoms with Crippen LogP contribution in [0.15, 0.2) is 84.1 Å². The molecule has 1 aliphatic heterocycles. The van der Waals surface area contributed by atoms with Crippen molar-refractivity contribution in [3.63, 3.8) is 0 Å². The topological polar surface area (TPSA) is 49.4 Å². The number of hydrogen-bond donors (Lipinski definition) is 1. The van der Waals surface area contributed by atoms with Gasteiger partial charge in [-0.15, -0.1) is 0 Å². The molecule has 5 rings (SSSR count). The summed E-state index contributed by atoms with van der Waals surface area (Å²) >= 11 is 12.8. The molecule has 3 aromatic rings. The van der Waals surface area contributed by atoms with E-state index in [2.05, 4.69) is 5.32 Å². The van der Waals surface area contributed by atoms with Gasteiger partial charge in [0, 0.05) is 34.2 Å². The molecule has 0 saturated heterocycles. The molecule has 0 saturated carbocycles. The normalized spacial score (nSPS) is 19.7. The Morgan fingerprint density at radius 1 is 0.971 bits per heavy atom. The quantitative estimate of drug-likeness (QED) is 0.418. The number of hydrogen-bond acceptors (Lipinski definition) is 3. The minimum absolute atomic E-state index is 0.0142. The number of allylic oxidation sites excluding steroid dienone is 1. The smallest absolute Gasteiger partial charge is 0.227 e. The first-order valence-corrected chi connectivity index (χ1v) is 12.2. The van der Waals surface area contributed by atoms with Gasteiger partial charge < -0.3 is 5.32 Å². The van der Waals surface area contributed by atoms with E-state index < -0.39 is 6.04 Å². The van der Waals surface area contributed by atoms with Gasteiger partial charge in [0.2, 0.25) is 5.91 Å². The Morgan fingerprint density at radius 2 is 1.68 bits per heavy atom. The van der Waals surface area contributed by atoms with Crippen molar-refractivity contribution >= 4 is 46.3 Å². The molecule has 0 radical (unpaired) electrons. The highest BCUT2D eigenvalue weighted by molar-refractivity contribution is 6.31. The molecule has 0 spiro atoms. The van der Waals surface area contributed by atoms with E-state index in [0.717, 1.165) is 28.2 Å².